The summed E-state index contributed by atoms with van der Waals surface area (Å²) in [7, 11) is 4.86. The van der Waals surface area contributed by atoms with Crippen molar-refractivity contribution in [3.05, 3.63) is 54.1 Å². The molecule has 1 aliphatic rings. The number of likely N-dealkylation sites (N-methyl/N-ethyl adjacent to an activating group) is 2. The van der Waals surface area contributed by atoms with Gasteiger partial charge in [0.1, 0.15) is 42.5 Å². The van der Waals surface area contributed by atoms with Gasteiger partial charge in [-0.25, -0.2) is 0 Å². The highest BCUT2D eigenvalue weighted by molar-refractivity contribution is 5.99. The Balaban J connectivity index is 1.77. The molecule has 2 aromatic rings. The standard InChI is InChI=1S/C31H42N4O7/c1-21(2)20-26-31(39)35(4)17-19-42-27-9-7-6-8-24(27)29(37)33-25(14-15-28(36)32-26)30(38)34(3)16-18-41-23-12-10-22(40-5)11-13-23/h6-13,21,25-26H,14-20H2,1-5H3,(H,32,36)(H,33,37)/t25-,26-/m0/s1. The SMILES string of the molecule is COc1ccc(OCCN(C)C(=O)[C@@H]2CCC(=O)N[C@@H](CC(C)C)C(=O)N(C)CCOc3ccccc3C(=O)N2)cc1. The van der Waals surface area contributed by atoms with Crippen LogP contribution < -0.4 is 24.8 Å². The van der Waals surface area contributed by atoms with E-state index in [0.717, 1.165) is 0 Å². The molecule has 0 bridgehead atoms. The second kappa shape index (κ2) is 15.6. The highest BCUT2D eigenvalue weighted by Gasteiger charge is 2.29. The Hall–Kier alpha value is -4.28. The van der Waals surface area contributed by atoms with Gasteiger partial charge in [-0.1, -0.05) is 26.0 Å². The molecule has 0 spiro atoms. The van der Waals surface area contributed by atoms with Gasteiger partial charge in [0.05, 0.1) is 25.8 Å². The lowest BCUT2D eigenvalue weighted by atomic mass is 10.0. The summed E-state index contributed by atoms with van der Waals surface area (Å²) in [6.07, 6.45) is 0.451. The average Bonchev–Trinajstić information content (AvgIpc) is 2.98. The van der Waals surface area contributed by atoms with Gasteiger partial charge in [-0.3, -0.25) is 19.2 Å². The zero-order chi connectivity index (χ0) is 30.6. The zero-order valence-electron chi connectivity index (χ0n) is 25.1. The van der Waals surface area contributed by atoms with Crippen LogP contribution in [0.1, 0.15) is 43.5 Å². The number of amides is 4. The molecule has 228 valence electrons. The van der Waals surface area contributed by atoms with E-state index in [2.05, 4.69) is 10.6 Å². The second-order valence-electron chi connectivity index (χ2n) is 10.7. The van der Waals surface area contributed by atoms with Crippen LogP contribution in [-0.4, -0.2) is 93.0 Å². The first-order valence-corrected chi connectivity index (χ1v) is 14.2. The van der Waals surface area contributed by atoms with Gasteiger partial charge >= 0.3 is 0 Å². The molecule has 0 aliphatic carbocycles. The summed E-state index contributed by atoms with van der Waals surface area (Å²) in [6.45, 7) is 4.85. The van der Waals surface area contributed by atoms with E-state index in [1.807, 2.05) is 13.8 Å². The number of carbonyl (C=O) groups is 4. The minimum atomic E-state index is -0.991. The highest BCUT2D eigenvalue weighted by atomic mass is 16.5. The van der Waals surface area contributed by atoms with E-state index in [-0.39, 0.29) is 68.3 Å². The van der Waals surface area contributed by atoms with Gasteiger partial charge in [-0.2, -0.15) is 0 Å². The van der Waals surface area contributed by atoms with Crippen molar-refractivity contribution in [1.82, 2.24) is 20.4 Å². The summed E-state index contributed by atoms with van der Waals surface area (Å²) in [5, 5.41) is 5.64. The Morgan fingerprint density at radius 1 is 1.07 bits per heavy atom. The maximum atomic E-state index is 13.5. The number of hydrogen-bond donors (Lipinski definition) is 2. The number of ether oxygens (including phenoxy) is 3. The van der Waals surface area contributed by atoms with Gasteiger partial charge in [-0.05, 0) is 55.2 Å². The minimum Gasteiger partial charge on any atom is -0.497 e. The fourth-order valence-corrected chi connectivity index (χ4v) is 4.53. The lowest BCUT2D eigenvalue weighted by molar-refractivity contribution is -0.136. The van der Waals surface area contributed by atoms with Crippen LogP contribution in [0.4, 0.5) is 0 Å². The number of rotatable bonds is 8. The number of fused-ring (bicyclic) bond motifs is 1. The molecule has 4 amide bonds. The van der Waals surface area contributed by atoms with Crippen molar-refractivity contribution < 1.29 is 33.4 Å². The van der Waals surface area contributed by atoms with E-state index < -0.39 is 18.0 Å². The largest absolute Gasteiger partial charge is 0.497 e. The fraction of sp³-hybridized carbons (Fsp3) is 0.484. The molecule has 0 fully saturated rings. The van der Waals surface area contributed by atoms with E-state index in [0.29, 0.717) is 23.7 Å². The molecule has 2 atom stereocenters. The Bertz CT molecular complexity index is 1220. The number of nitrogens with one attached hydrogen (secondary N) is 2. The molecule has 42 heavy (non-hydrogen) atoms. The first-order valence-electron chi connectivity index (χ1n) is 14.2. The third-order valence-corrected chi connectivity index (χ3v) is 6.93. The molecule has 0 saturated carbocycles. The summed E-state index contributed by atoms with van der Waals surface area (Å²) in [5.74, 6) is 0.386. The van der Waals surface area contributed by atoms with Gasteiger partial charge in [0.15, 0.2) is 0 Å². The van der Waals surface area contributed by atoms with Gasteiger partial charge in [0, 0.05) is 20.5 Å². The van der Waals surface area contributed by atoms with Crippen LogP contribution in [0.3, 0.4) is 0 Å². The predicted octanol–water partition coefficient (Wildman–Crippen LogP) is 2.49. The molecular weight excluding hydrogens is 540 g/mol. The van der Waals surface area contributed by atoms with E-state index in [1.54, 1.807) is 69.7 Å². The molecule has 11 nitrogen and oxygen atoms in total. The lowest BCUT2D eigenvalue weighted by Gasteiger charge is -2.26. The Kier molecular flexibility index (Phi) is 12.0. The smallest absolute Gasteiger partial charge is 0.255 e. The van der Waals surface area contributed by atoms with E-state index in [9.17, 15) is 19.2 Å². The summed E-state index contributed by atoms with van der Waals surface area (Å²) >= 11 is 0. The number of para-hydroxylation sites is 1. The summed E-state index contributed by atoms with van der Waals surface area (Å²) in [6, 6.07) is 12.1. The minimum absolute atomic E-state index is 0.0432. The molecule has 1 heterocycles. The van der Waals surface area contributed by atoms with Crippen LogP contribution in [0.5, 0.6) is 17.2 Å². The average molecular weight is 583 g/mol. The van der Waals surface area contributed by atoms with Gasteiger partial charge in [-0.15, -0.1) is 0 Å². The summed E-state index contributed by atoms with van der Waals surface area (Å²) in [4.78, 5) is 56.0. The highest BCUT2D eigenvalue weighted by Crippen LogP contribution is 2.20. The van der Waals surface area contributed by atoms with E-state index in [1.165, 1.54) is 9.80 Å². The van der Waals surface area contributed by atoms with Crippen LogP contribution in [0.25, 0.3) is 0 Å². The quantitative estimate of drug-likeness (QED) is 0.490. The maximum absolute atomic E-state index is 13.5. The number of methoxy groups -OCH3 is 1. The van der Waals surface area contributed by atoms with Crippen LogP contribution in [0.2, 0.25) is 0 Å². The van der Waals surface area contributed by atoms with Gasteiger partial charge in [0.25, 0.3) is 5.91 Å². The first kappa shape index (κ1) is 32.2. The normalized spacial score (nSPS) is 18.5. The third kappa shape index (κ3) is 9.39. The van der Waals surface area contributed by atoms with Crippen molar-refractivity contribution in [2.24, 2.45) is 5.92 Å². The number of benzene rings is 2. The number of carbonyl (C=O) groups excluding carboxylic acids is 4. The summed E-state index contributed by atoms with van der Waals surface area (Å²) in [5.41, 5.74) is 0.256. The maximum Gasteiger partial charge on any atom is 0.255 e. The van der Waals surface area contributed by atoms with Crippen LogP contribution >= 0.6 is 0 Å². The lowest BCUT2D eigenvalue weighted by Crippen LogP contribution is -2.50. The van der Waals surface area contributed by atoms with Crippen molar-refractivity contribution >= 4 is 23.6 Å². The van der Waals surface area contributed by atoms with E-state index >= 15 is 0 Å². The third-order valence-electron chi connectivity index (χ3n) is 6.93. The molecule has 0 unspecified atom stereocenters. The van der Waals surface area contributed by atoms with Crippen molar-refractivity contribution in [1.29, 1.82) is 0 Å². The monoisotopic (exact) mass is 582 g/mol. The number of nitrogens with zero attached hydrogens (tertiary/aromatic N) is 2. The molecule has 1 aliphatic heterocycles. The molecule has 0 aromatic heterocycles. The van der Waals surface area contributed by atoms with Gasteiger partial charge < -0.3 is 34.6 Å². The van der Waals surface area contributed by atoms with E-state index in [4.69, 9.17) is 14.2 Å². The molecule has 0 radical (unpaired) electrons. The Morgan fingerprint density at radius 2 is 1.76 bits per heavy atom. The van der Waals surface area contributed by atoms with Crippen LogP contribution in [-0.2, 0) is 14.4 Å². The summed E-state index contributed by atoms with van der Waals surface area (Å²) < 4.78 is 16.8. The molecule has 2 aromatic carbocycles. The molecule has 3 rings (SSSR count). The molecular formula is C31H42N4O7. The second-order valence-corrected chi connectivity index (χ2v) is 10.7. The molecule has 11 heteroatoms. The molecule has 0 saturated heterocycles. The van der Waals surface area contributed by atoms with Crippen LogP contribution in [0.15, 0.2) is 48.5 Å². The topological polar surface area (TPSA) is 127 Å². The fourth-order valence-electron chi connectivity index (χ4n) is 4.53. The number of hydrogen-bond acceptors (Lipinski definition) is 7. The molecule has 2 N–H and O–H groups in total. The Labute approximate surface area is 247 Å². The van der Waals surface area contributed by atoms with Crippen molar-refractivity contribution in [2.45, 2.75) is 45.2 Å². The Morgan fingerprint density at radius 3 is 2.45 bits per heavy atom. The van der Waals surface area contributed by atoms with Crippen molar-refractivity contribution in [3.8, 4) is 17.2 Å². The van der Waals surface area contributed by atoms with Crippen molar-refractivity contribution in [2.75, 3.05) is 47.5 Å². The van der Waals surface area contributed by atoms with Crippen molar-refractivity contribution in [3.63, 3.8) is 0 Å². The van der Waals surface area contributed by atoms with Crippen LogP contribution in [0, 0.1) is 5.92 Å². The predicted molar refractivity (Wildman–Crippen MR) is 158 cm³/mol. The van der Waals surface area contributed by atoms with Gasteiger partial charge in [0.2, 0.25) is 17.7 Å². The zero-order valence-corrected chi connectivity index (χ0v) is 25.1. The first-order chi connectivity index (χ1) is 20.1.